The van der Waals surface area contributed by atoms with E-state index in [9.17, 15) is 0 Å². The molecule has 20 heavy (non-hydrogen) atoms. The van der Waals surface area contributed by atoms with Crippen LogP contribution in [0.4, 0.5) is 0 Å². The highest BCUT2D eigenvalue weighted by molar-refractivity contribution is 5.41. The lowest BCUT2D eigenvalue weighted by Gasteiger charge is -2.22. The van der Waals surface area contributed by atoms with Crippen molar-refractivity contribution >= 4 is 0 Å². The van der Waals surface area contributed by atoms with E-state index in [0.717, 1.165) is 42.1 Å². The Balaban J connectivity index is 2.68. The van der Waals surface area contributed by atoms with E-state index < -0.39 is 0 Å². The Morgan fingerprint density at radius 1 is 1.25 bits per heavy atom. The Bertz CT molecular complexity index is 421. The van der Waals surface area contributed by atoms with E-state index in [-0.39, 0.29) is 0 Å². The molecule has 4 nitrogen and oxygen atoms in total. The second-order valence-corrected chi connectivity index (χ2v) is 5.46. The third-order valence-corrected chi connectivity index (χ3v) is 3.89. The van der Waals surface area contributed by atoms with E-state index >= 15 is 0 Å². The van der Waals surface area contributed by atoms with E-state index in [1.807, 2.05) is 13.1 Å². The van der Waals surface area contributed by atoms with Gasteiger partial charge in [-0.3, -0.25) is 4.98 Å². The molecule has 0 saturated carbocycles. The smallest absolute Gasteiger partial charge is 0.128 e. The van der Waals surface area contributed by atoms with Crippen LogP contribution in [-0.4, -0.2) is 38.4 Å². The van der Waals surface area contributed by atoms with Gasteiger partial charge in [0.2, 0.25) is 0 Å². The maximum absolute atomic E-state index is 5.47. The number of hydrogen-bond donors (Lipinski definition) is 1. The van der Waals surface area contributed by atoms with Gasteiger partial charge in [0.05, 0.1) is 13.7 Å². The van der Waals surface area contributed by atoms with Crippen LogP contribution in [0.1, 0.15) is 30.7 Å². The molecule has 0 amide bonds. The van der Waals surface area contributed by atoms with Crippen LogP contribution >= 0.6 is 0 Å². The van der Waals surface area contributed by atoms with Gasteiger partial charge in [-0.2, -0.15) is 0 Å². The number of hydrogen-bond acceptors (Lipinski definition) is 4. The quantitative estimate of drug-likeness (QED) is 0.743. The van der Waals surface area contributed by atoms with Crippen molar-refractivity contribution in [2.75, 3.05) is 27.4 Å². The van der Waals surface area contributed by atoms with Gasteiger partial charge < -0.3 is 14.8 Å². The van der Waals surface area contributed by atoms with Crippen LogP contribution < -0.4 is 10.1 Å². The first-order valence-corrected chi connectivity index (χ1v) is 7.22. The number of nitrogens with zero attached hydrogens (tertiary/aromatic N) is 1. The molecular formula is C16H28N2O2. The summed E-state index contributed by atoms with van der Waals surface area (Å²) in [6.45, 7) is 10.2. The van der Waals surface area contributed by atoms with Crippen LogP contribution in [-0.2, 0) is 11.2 Å². The second-order valence-electron chi connectivity index (χ2n) is 5.46. The Hall–Kier alpha value is -1.13. The van der Waals surface area contributed by atoms with Gasteiger partial charge in [-0.05, 0) is 33.1 Å². The second kappa shape index (κ2) is 8.22. The van der Waals surface area contributed by atoms with E-state index in [4.69, 9.17) is 9.47 Å². The molecule has 1 rings (SSSR count). The minimum atomic E-state index is 0.429. The summed E-state index contributed by atoms with van der Waals surface area (Å²) in [6, 6.07) is 0.429. The number of aromatic nitrogens is 1. The zero-order chi connectivity index (χ0) is 15.1. The molecular weight excluding hydrogens is 252 g/mol. The van der Waals surface area contributed by atoms with E-state index in [0.29, 0.717) is 12.0 Å². The molecule has 1 N–H and O–H groups in total. The molecule has 114 valence electrons. The maximum Gasteiger partial charge on any atom is 0.128 e. The number of nitrogens with one attached hydrogen (secondary N) is 1. The van der Waals surface area contributed by atoms with Crippen LogP contribution in [0.15, 0.2) is 6.20 Å². The molecule has 1 aromatic heterocycles. The van der Waals surface area contributed by atoms with Crippen molar-refractivity contribution < 1.29 is 9.47 Å². The number of ether oxygens (including phenoxy) is 2. The average Bonchev–Trinajstić information content (AvgIpc) is 2.42. The molecule has 0 aromatic carbocycles. The molecule has 0 spiro atoms. The van der Waals surface area contributed by atoms with Gasteiger partial charge in [0.25, 0.3) is 0 Å². The van der Waals surface area contributed by atoms with Gasteiger partial charge >= 0.3 is 0 Å². The van der Waals surface area contributed by atoms with Crippen molar-refractivity contribution in [3.63, 3.8) is 0 Å². The summed E-state index contributed by atoms with van der Waals surface area (Å²) in [5.74, 6) is 1.47. The van der Waals surface area contributed by atoms with Crippen molar-refractivity contribution in [2.24, 2.45) is 5.92 Å². The highest BCUT2D eigenvalue weighted by Gasteiger charge is 2.16. The summed E-state index contributed by atoms with van der Waals surface area (Å²) < 4.78 is 10.5. The molecule has 4 heteroatoms. The van der Waals surface area contributed by atoms with Crippen LogP contribution in [0.5, 0.6) is 5.75 Å². The summed E-state index contributed by atoms with van der Waals surface area (Å²) in [5.41, 5.74) is 3.37. The van der Waals surface area contributed by atoms with E-state index in [2.05, 4.69) is 31.1 Å². The predicted molar refractivity (Wildman–Crippen MR) is 82.5 cm³/mol. The first kappa shape index (κ1) is 16.9. The van der Waals surface area contributed by atoms with Crippen molar-refractivity contribution in [3.8, 4) is 5.75 Å². The molecule has 0 aliphatic carbocycles. The lowest BCUT2D eigenvalue weighted by molar-refractivity contribution is 0.192. The fourth-order valence-corrected chi connectivity index (χ4v) is 2.35. The summed E-state index contributed by atoms with van der Waals surface area (Å²) in [6.07, 6.45) is 2.85. The zero-order valence-corrected chi connectivity index (χ0v) is 13.6. The Morgan fingerprint density at radius 3 is 2.55 bits per heavy atom. The van der Waals surface area contributed by atoms with Crippen LogP contribution in [0.25, 0.3) is 0 Å². The van der Waals surface area contributed by atoms with Crippen LogP contribution in [0, 0.1) is 19.8 Å². The van der Waals surface area contributed by atoms with Gasteiger partial charge in [0, 0.05) is 42.7 Å². The topological polar surface area (TPSA) is 43.4 Å². The summed E-state index contributed by atoms with van der Waals surface area (Å²) in [4.78, 5) is 4.57. The van der Waals surface area contributed by atoms with Crippen LogP contribution in [0.2, 0.25) is 0 Å². The number of rotatable bonds is 8. The molecule has 0 bridgehead atoms. The molecule has 1 heterocycles. The van der Waals surface area contributed by atoms with Gasteiger partial charge in [-0.1, -0.05) is 6.92 Å². The van der Waals surface area contributed by atoms with Gasteiger partial charge in [-0.25, -0.2) is 0 Å². The Labute approximate surface area is 122 Å². The molecule has 0 aliphatic heterocycles. The van der Waals surface area contributed by atoms with E-state index in [1.165, 1.54) is 0 Å². The lowest BCUT2D eigenvalue weighted by atomic mass is 9.95. The molecule has 2 atom stereocenters. The largest absolute Gasteiger partial charge is 0.496 e. The monoisotopic (exact) mass is 280 g/mol. The molecule has 0 fully saturated rings. The first-order valence-electron chi connectivity index (χ1n) is 7.22. The van der Waals surface area contributed by atoms with Gasteiger partial charge in [0.1, 0.15) is 5.75 Å². The molecule has 2 unspecified atom stereocenters. The number of methoxy groups -OCH3 is 2. The standard InChI is InChI=1S/C16H28N2O2/c1-11(14(4)17-7-8-19-5)9-15-13(3)16(20-6)12(2)10-18-15/h10-11,14,17H,7-9H2,1-6H3. The molecule has 0 aliphatic rings. The fourth-order valence-electron chi connectivity index (χ4n) is 2.35. The fraction of sp³-hybridized carbons (Fsp3) is 0.688. The highest BCUT2D eigenvalue weighted by atomic mass is 16.5. The lowest BCUT2D eigenvalue weighted by Crippen LogP contribution is -2.35. The molecule has 1 aromatic rings. The van der Waals surface area contributed by atoms with Gasteiger partial charge in [-0.15, -0.1) is 0 Å². The Morgan fingerprint density at radius 2 is 1.95 bits per heavy atom. The number of aryl methyl sites for hydroxylation is 1. The SMILES string of the molecule is COCCNC(C)C(C)Cc1ncc(C)c(OC)c1C. The first-order chi connectivity index (χ1) is 9.51. The van der Waals surface area contributed by atoms with Crippen molar-refractivity contribution in [3.05, 3.63) is 23.0 Å². The summed E-state index contributed by atoms with van der Waals surface area (Å²) in [5, 5.41) is 3.48. The maximum atomic E-state index is 5.47. The molecule has 0 saturated heterocycles. The van der Waals surface area contributed by atoms with Crippen molar-refractivity contribution in [1.29, 1.82) is 0 Å². The van der Waals surface area contributed by atoms with Crippen molar-refractivity contribution in [2.45, 2.75) is 40.2 Å². The van der Waals surface area contributed by atoms with Crippen molar-refractivity contribution in [1.82, 2.24) is 10.3 Å². The van der Waals surface area contributed by atoms with Gasteiger partial charge in [0.15, 0.2) is 0 Å². The third kappa shape index (κ3) is 4.46. The third-order valence-electron chi connectivity index (χ3n) is 3.89. The van der Waals surface area contributed by atoms with Crippen LogP contribution in [0.3, 0.4) is 0 Å². The van der Waals surface area contributed by atoms with E-state index in [1.54, 1.807) is 14.2 Å². The summed E-state index contributed by atoms with van der Waals surface area (Å²) >= 11 is 0. The Kier molecular flexibility index (Phi) is 6.96. The predicted octanol–water partition coefficient (Wildman–Crippen LogP) is 2.51. The minimum Gasteiger partial charge on any atom is -0.496 e. The average molecular weight is 280 g/mol. The zero-order valence-electron chi connectivity index (χ0n) is 13.6. The number of pyridine rings is 1. The minimum absolute atomic E-state index is 0.429. The highest BCUT2D eigenvalue weighted by Crippen LogP contribution is 2.25. The normalized spacial score (nSPS) is 14.1. The molecule has 0 radical (unpaired) electrons. The summed E-state index contributed by atoms with van der Waals surface area (Å²) in [7, 11) is 3.44.